The van der Waals surface area contributed by atoms with Crippen molar-refractivity contribution < 1.29 is 9.47 Å². The summed E-state index contributed by atoms with van der Waals surface area (Å²) in [6.07, 6.45) is 2.11. The maximum Gasteiger partial charge on any atom is 0.113 e. The quantitative estimate of drug-likeness (QED) is 0.769. The molecule has 1 saturated heterocycles. The molecule has 0 atom stereocenters. The van der Waals surface area contributed by atoms with Crippen molar-refractivity contribution in [3.63, 3.8) is 0 Å². The zero-order valence-corrected chi connectivity index (χ0v) is 13.9. The van der Waals surface area contributed by atoms with Crippen LogP contribution in [0.2, 0.25) is 0 Å². The summed E-state index contributed by atoms with van der Waals surface area (Å²) in [5.41, 5.74) is 2.25. The number of hydrogen-bond donors (Lipinski definition) is 0. The highest BCUT2D eigenvalue weighted by atomic mass is 79.9. The number of nitrogens with zero attached hydrogens (tertiary/aromatic N) is 2. The molecule has 0 N–H and O–H groups in total. The minimum absolute atomic E-state index is 0.492. The van der Waals surface area contributed by atoms with Crippen LogP contribution in [0.1, 0.15) is 31.5 Å². The maximum absolute atomic E-state index is 5.54. The van der Waals surface area contributed by atoms with E-state index < -0.39 is 0 Å². The largest absolute Gasteiger partial charge is 0.381 e. The first kappa shape index (κ1) is 15.0. The van der Waals surface area contributed by atoms with Crippen molar-refractivity contribution in [2.24, 2.45) is 0 Å². The van der Waals surface area contributed by atoms with E-state index in [1.165, 1.54) is 11.3 Å². The Hall–Kier alpha value is -0.910. The first-order valence-electron chi connectivity index (χ1n) is 7.60. The Balaban J connectivity index is 1.97. The monoisotopic (exact) mass is 352 g/mol. The second kappa shape index (κ2) is 6.90. The van der Waals surface area contributed by atoms with Crippen molar-refractivity contribution >= 4 is 27.0 Å². The molecule has 1 fully saturated rings. The van der Waals surface area contributed by atoms with Crippen LogP contribution < -0.4 is 0 Å². The van der Waals surface area contributed by atoms with Crippen LogP contribution in [0.15, 0.2) is 22.7 Å². The van der Waals surface area contributed by atoms with E-state index in [-0.39, 0.29) is 0 Å². The predicted molar refractivity (Wildman–Crippen MR) is 86.7 cm³/mol. The molecule has 21 heavy (non-hydrogen) atoms. The molecule has 0 spiro atoms. The molecule has 0 amide bonds. The SMILES string of the molecule is CCOCCn1c(C2CCOCC2)nc2ccc(Br)cc21. The molecule has 3 rings (SSSR count). The van der Waals surface area contributed by atoms with Gasteiger partial charge in [-0.3, -0.25) is 0 Å². The molecule has 1 aliphatic heterocycles. The number of hydrogen-bond acceptors (Lipinski definition) is 3. The second-order valence-electron chi connectivity index (χ2n) is 5.34. The van der Waals surface area contributed by atoms with Crippen molar-refractivity contribution in [3.05, 3.63) is 28.5 Å². The van der Waals surface area contributed by atoms with Gasteiger partial charge in [-0.25, -0.2) is 4.98 Å². The van der Waals surface area contributed by atoms with Gasteiger partial charge in [-0.2, -0.15) is 0 Å². The molecule has 4 nitrogen and oxygen atoms in total. The molecule has 0 bridgehead atoms. The third-order valence-corrected chi connectivity index (χ3v) is 4.48. The molecule has 1 aromatic carbocycles. The summed E-state index contributed by atoms with van der Waals surface area (Å²) in [6, 6.07) is 6.28. The lowest BCUT2D eigenvalue weighted by Gasteiger charge is -2.22. The summed E-state index contributed by atoms with van der Waals surface area (Å²) < 4.78 is 14.4. The Morgan fingerprint density at radius 3 is 2.95 bits per heavy atom. The molecular weight excluding hydrogens is 332 g/mol. The van der Waals surface area contributed by atoms with E-state index in [4.69, 9.17) is 14.5 Å². The van der Waals surface area contributed by atoms with Crippen LogP contribution in [0, 0.1) is 0 Å². The fourth-order valence-corrected chi connectivity index (χ4v) is 3.27. The summed E-state index contributed by atoms with van der Waals surface area (Å²) in [6.45, 7) is 6.04. The van der Waals surface area contributed by atoms with E-state index in [1.807, 2.05) is 6.92 Å². The van der Waals surface area contributed by atoms with Crippen LogP contribution >= 0.6 is 15.9 Å². The minimum atomic E-state index is 0.492. The summed E-state index contributed by atoms with van der Waals surface area (Å²) in [5.74, 6) is 1.68. The molecule has 5 heteroatoms. The zero-order chi connectivity index (χ0) is 14.7. The molecular formula is C16H21BrN2O2. The lowest BCUT2D eigenvalue weighted by Crippen LogP contribution is -2.19. The summed E-state index contributed by atoms with van der Waals surface area (Å²) in [5, 5.41) is 0. The Morgan fingerprint density at radius 1 is 1.38 bits per heavy atom. The molecule has 0 aliphatic carbocycles. The van der Waals surface area contributed by atoms with Gasteiger partial charge in [-0.05, 0) is 38.0 Å². The standard InChI is InChI=1S/C16H21BrN2O2/c1-2-20-10-7-19-15-11-13(17)3-4-14(15)18-16(19)12-5-8-21-9-6-12/h3-4,11-12H,2,5-10H2,1H3. The van der Waals surface area contributed by atoms with Gasteiger partial charge in [0, 0.05) is 36.8 Å². The number of benzene rings is 1. The molecule has 1 aliphatic rings. The van der Waals surface area contributed by atoms with Gasteiger partial charge in [0.15, 0.2) is 0 Å². The van der Waals surface area contributed by atoms with Gasteiger partial charge in [-0.15, -0.1) is 0 Å². The molecule has 0 saturated carbocycles. The van der Waals surface area contributed by atoms with Crippen molar-refractivity contribution in [1.29, 1.82) is 0 Å². The zero-order valence-electron chi connectivity index (χ0n) is 12.3. The number of fused-ring (bicyclic) bond motifs is 1. The Kier molecular flexibility index (Phi) is 4.93. The van der Waals surface area contributed by atoms with Gasteiger partial charge in [0.25, 0.3) is 0 Å². The van der Waals surface area contributed by atoms with E-state index >= 15 is 0 Å². The molecule has 0 unspecified atom stereocenters. The lowest BCUT2D eigenvalue weighted by atomic mass is 9.99. The average molecular weight is 353 g/mol. The molecule has 114 valence electrons. The van der Waals surface area contributed by atoms with Crippen LogP contribution in [0.3, 0.4) is 0 Å². The van der Waals surface area contributed by atoms with Crippen LogP contribution in [0.25, 0.3) is 11.0 Å². The number of imidazole rings is 1. The predicted octanol–water partition coefficient (Wildman–Crippen LogP) is 3.73. The fraction of sp³-hybridized carbons (Fsp3) is 0.562. The maximum atomic E-state index is 5.54. The van der Waals surface area contributed by atoms with Crippen LogP contribution in [0.5, 0.6) is 0 Å². The van der Waals surface area contributed by atoms with Crippen LogP contribution in [0.4, 0.5) is 0 Å². The fourth-order valence-electron chi connectivity index (χ4n) is 2.92. The number of aromatic nitrogens is 2. The van der Waals surface area contributed by atoms with Gasteiger partial charge >= 0.3 is 0 Å². The number of halogens is 1. The van der Waals surface area contributed by atoms with E-state index in [0.29, 0.717) is 5.92 Å². The topological polar surface area (TPSA) is 36.3 Å². The normalized spacial score (nSPS) is 16.7. The van der Waals surface area contributed by atoms with Gasteiger partial charge in [0.1, 0.15) is 5.82 Å². The molecule has 2 aromatic rings. The van der Waals surface area contributed by atoms with Crippen molar-refractivity contribution in [2.75, 3.05) is 26.4 Å². The van der Waals surface area contributed by atoms with Gasteiger partial charge in [0.2, 0.25) is 0 Å². The van der Waals surface area contributed by atoms with Crippen LogP contribution in [-0.2, 0) is 16.0 Å². The Labute approximate surface area is 133 Å². The van der Waals surface area contributed by atoms with Crippen molar-refractivity contribution in [3.8, 4) is 0 Å². The van der Waals surface area contributed by atoms with Gasteiger partial charge < -0.3 is 14.0 Å². The second-order valence-corrected chi connectivity index (χ2v) is 6.25. The average Bonchev–Trinajstić information content (AvgIpc) is 2.87. The highest BCUT2D eigenvalue weighted by molar-refractivity contribution is 9.10. The Morgan fingerprint density at radius 2 is 2.19 bits per heavy atom. The number of ether oxygens (including phenoxy) is 2. The summed E-state index contributed by atoms with van der Waals surface area (Å²) >= 11 is 3.56. The van der Waals surface area contributed by atoms with Crippen LogP contribution in [-0.4, -0.2) is 36.0 Å². The van der Waals surface area contributed by atoms with Crippen molar-refractivity contribution in [1.82, 2.24) is 9.55 Å². The third-order valence-electron chi connectivity index (χ3n) is 3.99. The van der Waals surface area contributed by atoms with E-state index in [1.54, 1.807) is 0 Å². The first-order valence-corrected chi connectivity index (χ1v) is 8.40. The van der Waals surface area contributed by atoms with Crippen molar-refractivity contribution in [2.45, 2.75) is 32.2 Å². The molecule has 0 radical (unpaired) electrons. The smallest absolute Gasteiger partial charge is 0.113 e. The molecule has 2 heterocycles. The highest BCUT2D eigenvalue weighted by Gasteiger charge is 2.22. The highest BCUT2D eigenvalue weighted by Crippen LogP contribution is 2.30. The minimum Gasteiger partial charge on any atom is -0.381 e. The van der Waals surface area contributed by atoms with E-state index in [2.05, 4.69) is 38.7 Å². The molecule has 1 aromatic heterocycles. The van der Waals surface area contributed by atoms with Gasteiger partial charge in [-0.1, -0.05) is 15.9 Å². The number of rotatable bonds is 5. The summed E-state index contributed by atoms with van der Waals surface area (Å²) in [4.78, 5) is 4.89. The lowest BCUT2D eigenvalue weighted by molar-refractivity contribution is 0.0821. The Bertz CT molecular complexity index is 606. The summed E-state index contributed by atoms with van der Waals surface area (Å²) in [7, 11) is 0. The van der Waals surface area contributed by atoms with Gasteiger partial charge in [0.05, 0.1) is 17.6 Å². The van der Waals surface area contributed by atoms with E-state index in [9.17, 15) is 0 Å². The third kappa shape index (κ3) is 3.30. The van der Waals surface area contributed by atoms with E-state index in [0.717, 1.165) is 55.8 Å². The first-order chi connectivity index (χ1) is 10.3.